The van der Waals surface area contributed by atoms with Crippen LogP contribution < -0.4 is 15.4 Å². The lowest BCUT2D eigenvalue weighted by molar-refractivity contribution is 0.0371. The van der Waals surface area contributed by atoms with Gasteiger partial charge in [0, 0.05) is 25.2 Å². The van der Waals surface area contributed by atoms with Gasteiger partial charge >= 0.3 is 5.97 Å². The maximum Gasteiger partial charge on any atom is 0.343 e. The molecule has 0 saturated carbocycles. The molecule has 0 radical (unpaired) electrons. The molecule has 25 heavy (non-hydrogen) atoms. The number of aromatic carboxylic acids is 1. The van der Waals surface area contributed by atoms with Crippen LogP contribution in [-0.2, 0) is 4.74 Å². The van der Waals surface area contributed by atoms with Gasteiger partial charge in [-0.1, -0.05) is 5.16 Å². The molecule has 0 amide bonds. The number of halogens is 1. The summed E-state index contributed by atoms with van der Waals surface area (Å²) in [6.45, 7) is 2.43. The van der Waals surface area contributed by atoms with Crippen molar-refractivity contribution in [1.82, 2.24) is 10.5 Å². The number of ether oxygens (including phenoxy) is 2. The molecule has 1 aromatic carbocycles. The van der Waals surface area contributed by atoms with E-state index in [1.54, 1.807) is 0 Å². The first-order valence-corrected chi connectivity index (χ1v) is 7.73. The maximum absolute atomic E-state index is 13.6. The van der Waals surface area contributed by atoms with Gasteiger partial charge in [-0.15, -0.1) is 0 Å². The molecule has 3 N–H and O–H groups in total. The maximum atomic E-state index is 13.6. The molecule has 1 fully saturated rings. The zero-order chi connectivity index (χ0) is 17.8. The van der Waals surface area contributed by atoms with E-state index >= 15 is 0 Å². The standard InChI is InChI=1S/C16H18FN3O5/c1-23-12-6-9(2-3-11(12)17)14-13(16(21)22)15(20-25-14)19-8-10-7-18-4-5-24-10/h2-3,6,10,18H,4-5,7-8H2,1H3,(H,19,20)(H,21,22). The molecular formula is C16H18FN3O5. The summed E-state index contributed by atoms with van der Waals surface area (Å²) in [6.07, 6.45) is -0.0959. The lowest BCUT2D eigenvalue weighted by atomic mass is 10.1. The molecule has 1 aromatic heterocycles. The van der Waals surface area contributed by atoms with Crippen LogP contribution in [0.5, 0.6) is 5.75 Å². The van der Waals surface area contributed by atoms with E-state index in [0.717, 1.165) is 6.54 Å². The summed E-state index contributed by atoms with van der Waals surface area (Å²) in [6, 6.07) is 3.94. The lowest BCUT2D eigenvalue weighted by Crippen LogP contribution is -2.42. The van der Waals surface area contributed by atoms with Crippen LogP contribution in [0.25, 0.3) is 11.3 Å². The fraction of sp³-hybridized carbons (Fsp3) is 0.375. The van der Waals surface area contributed by atoms with Gasteiger partial charge in [-0.2, -0.15) is 0 Å². The minimum absolute atomic E-state index is 0.0126. The minimum Gasteiger partial charge on any atom is -0.494 e. The minimum atomic E-state index is -1.20. The number of anilines is 1. The number of methoxy groups -OCH3 is 1. The Labute approximate surface area is 142 Å². The Morgan fingerprint density at radius 2 is 2.40 bits per heavy atom. The van der Waals surface area contributed by atoms with Gasteiger partial charge in [0.05, 0.1) is 19.8 Å². The molecule has 3 rings (SSSR count). The average Bonchev–Trinajstić information content (AvgIpc) is 3.05. The molecular weight excluding hydrogens is 333 g/mol. The largest absolute Gasteiger partial charge is 0.494 e. The lowest BCUT2D eigenvalue weighted by Gasteiger charge is -2.23. The summed E-state index contributed by atoms with van der Waals surface area (Å²) >= 11 is 0. The zero-order valence-electron chi connectivity index (χ0n) is 13.5. The number of rotatable bonds is 6. The highest BCUT2D eigenvalue weighted by molar-refractivity contribution is 5.99. The van der Waals surface area contributed by atoms with E-state index in [1.807, 2.05) is 0 Å². The second kappa shape index (κ2) is 7.49. The van der Waals surface area contributed by atoms with Gasteiger partial charge < -0.3 is 29.7 Å². The highest BCUT2D eigenvalue weighted by Crippen LogP contribution is 2.32. The van der Waals surface area contributed by atoms with Gasteiger partial charge in [0.2, 0.25) is 0 Å². The number of morpholine rings is 1. The first kappa shape index (κ1) is 17.2. The van der Waals surface area contributed by atoms with E-state index in [2.05, 4.69) is 15.8 Å². The summed E-state index contributed by atoms with van der Waals surface area (Å²) < 4.78 is 29.2. The van der Waals surface area contributed by atoms with Gasteiger partial charge in [-0.25, -0.2) is 9.18 Å². The highest BCUT2D eigenvalue weighted by Gasteiger charge is 2.25. The number of benzene rings is 1. The van der Waals surface area contributed by atoms with Crippen LogP contribution in [0.2, 0.25) is 0 Å². The second-order valence-electron chi connectivity index (χ2n) is 5.47. The van der Waals surface area contributed by atoms with Gasteiger partial charge in [-0.05, 0) is 18.2 Å². The van der Waals surface area contributed by atoms with E-state index < -0.39 is 11.8 Å². The molecule has 9 heteroatoms. The van der Waals surface area contributed by atoms with Gasteiger partial charge in [-0.3, -0.25) is 0 Å². The van der Waals surface area contributed by atoms with Crippen LogP contribution >= 0.6 is 0 Å². The Balaban J connectivity index is 1.85. The predicted molar refractivity (Wildman–Crippen MR) is 86.5 cm³/mol. The number of carbonyl (C=O) groups is 1. The normalized spacial score (nSPS) is 17.3. The first-order valence-electron chi connectivity index (χ1n) is 7.73. The Morgan fingerprint density at radius 1 is 1.56 bits per heavy atom. The second-order valence-corrected chi connectivity index (χ2v) is 5.47. The van der Waals surface area contributed by atoms with Crippen LogP contribution in [0, 0.1) is 5.82 Å². The van der Waals surface area contributed by atoms with Crippen LogP contribution in [-0.4, -0.2) is 55.7 Å². The monoisotopic (exact) mass is 351 g/mol. The first-order chi connectivity index (χ1) is 12.1. The fourth-order valence-electron chi connectivity index (χ4n) is 2.57. The van der Waals surface area contributed by atoms with Crippen LogP contribution in [0.3, 0.4) is 0 Å². The number of carboxylic acids is 1. The third-order valence-electron chi connectivity index (χ3n) is 3.82. The molecule has 1 aliphatic heterocycles. The van der Waals surface area contributed by atoms with Crippen molar-refractivity contribution in [2.24, 2.45) is 0 Å². The van der Waals surface area contributed by atoms with Crippen LogP contribution in [0.4, 0.5) is 10.2 Å². The van der Waals surface area contributed by atoms with E-state index in [4.69, 9.17) is 14.0 Å². The SMILES string of the molecule is COc1cc(-c2onc(NCC3CNCCO3)c2C(=O)O)ccc1F. The number of hydrogen-bond donors (Lipinski definition) is 3. The molecule has 134 valence electrons. The molecule has 0 spiro atoms. The van der Waals surface area contributed by atoms with Crippen molar-refractivity contribution in [3.05, 3.63) is 29.6 Å². The van der Waals surface area contributed by atoms with Gasteiger partial charge in [0.1, 0.15) is 0 Å². The number of carboxylic acid groups (broad SMARTS) is 1. The van der Waals surface area contributed by atoms with Crippen LogP contribution in [0.1, 0.15) is 10.4 Å². The average molecular weight is 351 g/mol. The number of nitrogens with zero attached hydrogens (tertiary/aromatic N) is 1. The molecule has 0 bridgehead atoms. The molecule has 8 nitrogen and oxygen atoms in total. The van der Waals surface area contributed by atoms with Crippen molar-refractivity contribution in [3.8, 4) is 17.1 Å². The molecule has 1 atom stereocenters. The Bertz CT molecular complexity index is 758. The molecule has 2 heterocycles. The molecule has 1 unspecified atom stereocenters. The van der Waals surface area contributed by atoms with E-state index in [1.165, 1.54) is 25.3 Å². The summed E-state index contributed by atoms with van der Waals surface area (Å²) in [4.78, 5) is 11.7. The van der Waals surface area contributed by atoms with E-state index in [0.29, 0.717) is 25.3 Å². The molecule has 0 aliphatic carbocycles. The van der Waals surface area contributed by atoms with E-state index in [-0.39, 0.29) is 29.0 Å². The Morgan fingerprint density at radius 3 is 3.08 bits per heavy atom. The predicted octanol–water partition coefficient (Wildman–Crippen LogP) is 1.59. The topological polar surface area (TPSA) is 106 Å². The summed E-state index contributed by atoms with van der Waals surface area (Å²) in [7, 11) is 1.33. The van der Waals surface area contributed by atoms with Crippen molar-refractivity contribution >= 4 is 11.8 Å². The molecule has 1 aliphatic rings. The summed E-state index contributed by atoms with van der Waals surface area (Å²) in [5, 5.41) is 19.4. The third-order valence-corrected chi connectivity index (χ3v) is 3.82. The van der Waals surface area contributed by atoms with Crippen molar-refractivity contribution in [1.29, 1.82) is 0 Å². The van der Waals surface area contributed by atoms with Gasteiger partial charge in [0.25, 0.3) is 0 Å². The van der Waals surface area contributed by atoms with Crippen LogP contribution in [0.15, 0.2) is 22.7 Å². The summed E-state index contributed by atoms with van der Waals surface area (Å²) in [5.74, 6) is -1.65. The Hall–Kier alpha value is -2.65. The zero-order valence-corrected chi connectivity index (χ0v) is 13.5. The molecule has 2 aromatic rings. The van der Waals surface area contributed by atoms with Crippen molar-refractivity contribution in [3.63, 3.8) is 0 Å². The van der Waals surface area contributed by atoms with Crippen molar-refractivity contribution in [2.45, 2.75) is 6.10 Å². The van der Waals surface area contributed by atoms with Gasteiger partial charge in [0.15, 0.2) is 28.7 Å². The Kier molecular flexibility index (Phi) is 5.15. The number of hydrogen-bond acceptors (Lipinski definition) is 7. The number of aromatic nitrogens is 1. The molecule has 1 saturated heterocycles. The number of nitrogens with one attached hydrogen (secondary N) is 2. The fourth-order valence-corrected chi connectivity index (χ4v) is 2.57. The van der Waals surface area contributed by atoms with Crippen molar-refractivity contribution in [2.75, 3.05) is 38.7 Å². The van der Waals surface area contributed by atoms with Crippen molar-refractivity contribution < 1.29 is 28.3 Å². The third kappa shape index (κ3) is 3.72. The summed E-state index contributed by atoms with van der Waals surface area (Å²) in [5.41, 5.74) is 0.226. The quantitative estimate of drug-likeness (QED) is 0.720. The van der Waals surface area contributed by atoms with E-state index in [9.17, 15) is 14.3 Å². The smallest absolute Gasteiger partial charge is 0.343 e. The highest BCUT2D eigenvalue weighted by atomic mass is 19.1.